The summed E-state index contributed by atoms with van der Waals surface area (Å²) < 4.78 is 3.03. The van der Waals surface area contributed by atoms with Gasteiger partial charge in [0.05, 0.1) is 18.7 Å². The smallest absolute Gasteiger partial charge is 0.228 e. The van der Waals surface area contributed by atoms with Crippen molar-refractivity contribution in [3.63, 3.8) is 0 Å². The normalized spacial score (nSPS) is 10.7. The molecule has 2 heterocycles. The SMILES string of the molecule is Cc1cc(CC(=O)N(C)Cc2cc(Br)cn2C)n[nH]1. The van der Waals surface area contributed by atoms with Crippen LogP contribution in [0, 0.1) is 6.92 Å². The lowest BCUT2D eigenvalue weighted by molar-refractivity contribution is -0.129. The van der Waals surface area contributed by atoms with Gasteiger partial charge in [-0.15, -0.1) is 0 Å². The van der Waals surface area contributed by atoms with E-state index in [0.29, 0.717) is 13.0 Å². The number of hydrogen-bond donors (Lipinski definition) is 1. The minimum atomic E-state index is 0.0591. The third kappa shape index (κ3) is 3.47. The molecule has 1 amide bonds. The van der Waals surface area contributed by atoms with Crippen molar-refractivity contribution in [2.45, 2.75) is 19.9 Å². The van der Waals surface area contributed by atoms with Gasteiger partial charge in [0.25, 0.3) is 0 Å². The number of likely N-dealkylation sites (N-methyl/N-ethyl adjacent to an activating group) is 1. The summed E-state index contributed by atoms with van der Waals surface area (Å²) in [5, 5.41) is 6.93. The number of aromatic amines is 1. The van der Waals surface area contributed by atoms with E-state index in [4.69, 9.17) is 0 Å². The fraction of sp³-hybridized carbons (Fsp3) is 0.385. The van der Waals surface area contributed by atoms with Crippen LogP contribution in [0.15, 0.2) is 22.8 Å². The van der Waals surface area contributed by atoms with Crippen LogP contribution in [-0.2, 0) is 24.8 Å². The summed E-state index contributed by atoms with van der Waals surface area (Å²) >= 11 is 3.43. The van der Waals surface area contributed by atoms with Crippen LogP contribution in [0.1, 0.15) is 17.1 Å². The molecule has 0 aliphatic heterocycles. The zero-order chi connectivity index (χ0) is 14.0. The first-order valence-corrected chi connectivity index (χ1v) is 6.80. The second-order valence-corrected chi connectivity index (χ2v) is 5.65. The molecule has 102 valence electrons. The minimum absolute atomic E-state index is 0.0591. The second kappa shape index (κ2) is 5.61. The molecular formula is C13H17BrN4O. The molecule has 2 aromatic heterocycles. The summed E-state index contributed by atoms with van der Waals surface area (Å²) in [6.45, 7) is 2.51. The molecule has 1 N–H and O–H groups in total. The van der Waals surface area contributed by atoms with Gasteiger partial charge >= 0.3 is 0 Å². The molecule has 0 fully saturated rings. The number of aromatic nitrogens is 3. The zero-order valence-corrected chi connectivity index (χ0v) is 12.9. The number of H-pyrrole nitrogens is 1. The topological polar surface area (TPSA) is 53.9 Å². The fourth-order valence-corrected chi connectivity index (χ4v) is 2.48. The number of rotatable bonds is 4. The molecule has 0 saturated carbocycles. The molecule has 0 radical (unpaired) electrons. The number of nitrogens with one attached hydrogen (secondary N) is 1. The van der Waals surface area contributed by atoms with Crippen molar-refractivity contribution >= 4 is 21.8 Å². The lowest BCUT2D eigenvalue weighted by Crippen LogP contribution is -2.28. The van der Waals surface area contributed by atoms with E-state index in [2.05, 4.69) is 26.1 Å². The lowest BCUT2D eigenvalue weighted by Gasteiger charge is -2.17. The summed E-state index contributed by atoms with van der Waals surface area (Å²) in [6.07, 6.45) is 2.30. The van der Waals surface area contributed by atoms with E-state index in [1.165, 1.54) is 0 Å². The van der Waals surface area contributed by atoms with Gasteiger partial charge in [-0.2, -0.15) is 5.10 Å². The Bertz CT molecular complexity index is 587. The Kier molecular flexibility index (Phi) is 4.09. The third-order valence-electron chi connectivity index (χ3n) is 2.99. The summed E-state index contributed by atoms with van der Waals surface area (Å²) in [5.41, 5.74) is 2.83. The van der Waals surface area contributed by atoms with Crippen molar-refractivity contribution in [2.24, 2.45) is 7.05 Å². The molecule has 0 aromatic carbocycles. The van der Waals surface area contributed by atoms with E-state index < -0.39 is 0 Å². The number of carbonyl (C=O) groups excluding carboxylic acids is 1. The van der Waals surface area contributed by atoms with E-state index in [0.717, 1.165) is 21.6 Å². The molecule has 0 aliphatic carbocycles. The first kappa shape index (κ1) is 13.9. The number of halogens is 1. The van der Waals surface area contributed by atoms with Gasteiger partial charge < -0.3 is 9.47 Å². The fourth-order valence-electron chi connectivity index (χ4n) is 1.91. The largest absolute Gasteiger partial charge is 0.352 e. The number of nitrogens with zero attached hydrogens (tertiary/aromatic N) is 3. The van der Waals surface area contributed by atoms with Gasteiger partial charge in [-0.05, 0) is 35.0 Å². The summed E-state index contributed by atoms with van der Waals surface area (Å²) in [7, 11) is 3.78. The summed E-state index contributed by atoms with van der Waals surface area (Å²) in [4.78, 5) is 13.8. The molecule has 0 atom stereocenters. The van der Waals surface area contributed by atoms with Gasteiger partial charge in [0.2, 0.25) is 5.91 Å². The number of carbonyl (C=O) groups is 1. The van der Waals surface area contributed by atoms with Crippen molar-refractivity contribution in [1.29, 1.82) is 0 Å². The molecule has 0 unspecified atom stereocenters. The first-order chi connectivity index (χ1) is 8.95. The van der Waals surface area contributed by atoms with Crippen LogP contribution in [-0.4, -0.2) is 32.6 Å². The molecule has 5 nitrogen and oxygen atoms in total. The number of aryl methyl sites for hydroxylation is 2. The van der Waals surface area contributed by atoms with Crippen molar-refractivity contribution in [3.05, 3.63) is 39.9 Å². The zero-order valence-electron chi connectivity index (χ0n) is 11.3. The van der Waals surface area contributed by atoms with Crippen LogP contribution in [0.25, 0.3) is 0 Å². The van der Waals surface area contributed by atoms with Crippen molar-refractivity contribution in [3.8, 4) is 0 Å². The molecule has 2 aromatic rings. The van der Waals surface area contributed by atoms with Gasteiger partial charge in [-0.25, -0.2) is 0 Å². The van der Waals surface area contributed by atoms with Crippen LogP contribution in [0.5, 0.6) is 0 Å². The van der Waals surface area contributed by atoms with Gasteiger partial charge in [0, 0.05) is 36.2 Å². The van der Waals surface area contributed by atoms with E-state index in [-0.39, 0.29) is 5.91 Å². The Labute approximate surface area is 120 Å². The highest BCUT2D eigenvalue weighted by Gasteiger charge is 2.13. The average molecular weight is 325 g/mol. The van der Waals surface area contributed by atoms with Gasteiger partial charge in [0.15, 0.2) is 0 Å². The number of hydrogen-bond acceptors (Lipinski definition) is 2. The predicted molar refractivity (Wildman–Crippen MR) is 76.6 cm³/mol. The summed E-state index contributed by atoms with van der Waals surface area (Å²) in [6, 6.07) is 3.91. The lowest BCUT2D eigenvalue weighted by atomic mass is 10.2. The summed E-state index contributed by atoms with van der Waals surface area (Å²) in [5.74, 6) is 0.0591. The minimum Gasteiger partial charge on any atom is -0.352 e. The molecule has 6 heteroatoms. The molecule has 0 aliphatic rings. The Balaban J connectivity index is 1.97. The van der Waals surface area contributed by atoms with Crippen molar-refractivity contribution in [1.82, 2.24) is 19.7 Å². The molecule has 0 saturated heterocycles. The van der Waals surface area contributed by atoms with Crippen molar-refractivity contribution in [2.75, 3.05) is 7.05 Å². The third-order valence-corrected chi connectivity index (χ3v) is 3.42. The Morgan fingerprint density at radius 3 is 2.79 bits per heavy atom. The molecule has 0 bridgehead atoms. The average Bonchev–Trinajstić information content (AvgIpc) is 2.85. The van der Waals surface area contributed by atoms with Crippen LogP contribution < -0.4 is 0 Å². The predicted octanol–water partition coefficient (Wildman–Crippen LogP) is 2.02. The highest BCUT2D eigenvalue weighted by Crippen LogP contribution is 2.15. The highest BCUT2D eigenvalue weighted by molar-refractivity contribution is 9.10. The maximum atomic E-state index is 12.1. The quantitative estimate of drug-likeness (QED) is 0.935. The standard InChI is InChI=1S/C13H17BrN4O/c1-9-4-11(16-15-9)6-13(19)18(3)8-12-5-10(14)7-17(12)2/h4-5,7H,6,8H2,1-3H3,(H,15,16). The monoisotopic (exact) mass is 324 g/mol. The van der Waals surface area contributed by atoms with Gasteiger partial charge in [-0.1, -0.05) is 0 Å². The van der Waals surface area contributed by atoms with Crippen LogP contribution >= 0.6 is 15.9 Å². The molecular weight excluding hydrogens is 308 g/mol. The molecule has 19 heavy (non-hydrogen) atoms. The van der Waals surface area contributed by atoms with Crippen LogP contribution in [0.3, 0.4) is 0 Å². The van der Waals surface area contributed by atoms with E-state index in [9.17, 15) is 4.79 Å². The second-order valence-electron chi connectivity index (χ2n) is 4.73. The van der Waals surface area contributed by atoms with E-state index in [1.54, 1.807) is 4.90 Å². The van der Waals surface area contributed by atoms with E-state index >= 15 is 0 Å². The maximum Gasteiger partial charge on any atom is 0.228 e. The highest BCUT2D eigenvalue weighted by atomic mass is 79.9. The van der Waals surface area contributed by atoms with Crippen molar-refractivity contribution < 1.29 is 4.79 Å². The first-order valence-electron chi connectivity index (χ1n) is 6.01. The number of amides is 1. The molecule has 0 spiro atoms. The Morgan fingerprint density at radius 1 is 1.53 bits per heavy atom. The van der Waals surface area contributed by atoms with E-state index in [1.807, 2.05) is 43.9 Å². The van der Waals surface area contributed by atoms with Crippen LogP contribution in [0.4, 0.5) is 0 Å². The maximum absolute atomic E-state index is 12.1. The van der Waals surface area contributed by atoms with Crippen LogP contribution in [0.2, 0.25) is 0 Å². The Morgan fingerprint density at radius 2 is 2.26 bits per heavy atom. The van der Waals surface area contributed by atoms with Gasteiger partial charge in [-0.3, -0.25) is 9.89 Å². The van der Waals surface area contributed by atoms with Gasteiger partial charge in [0.1, 0.15) is 0 Å². The Hall–Kier alpha value is -1.56. The molecule has 2 rings (SSSR count).